The Morgan fingerprint density at radius 2 is 1.93 bits per heavy atom. The van der Waals surface area contributed by atoms with Crippen LogP contribution in [0.25, 0.3) is 16.8 Å². The zero-order chi connectivity index (χ0) is 19.3. The molecule has 0 aliphatic carbocycles. The molecule has 3 heterocycles. The van der Waals surface area contributed by atoms with E-state index in [0.29, 0.717) is 19.0 Å². The summed E-state index contributed by atoms with van der Waals surface area (Å²) in [5, 5.41) is 3.24. The largest absolute Gasteiger partial charge is 0.350 e. The number of aromatic nitrogens is 4. The van der Waals surface area contributed by atoms with Crippen LogP contribution in [0.1, 0.15) is 11.1 Å². The molecule has 0 aliphatic rings. The van der Waals surface area contributed by atoms with Crippen molar-refractivity contribution in [3.63, 3.8) is 0 Å². The Morgan fingerprint density at radius 3 is 2.75 bits per heavy atom. The van der Waals surface area contributed by atoms with E-state index in [1.165, 1.54) is 0 Å². The predicted molar refractivity (Wildman–Crippen MR) is 108 cm³/mol. The summed E-state index contributed by atoms with van der Waals surface area (Å²) in [5.41, 5.74) is 5.05. The number of carbonyl (C=O) groups excluding carboxylic acids is 1. The van der Waals surface area contributed by atoms with Crippen molar-refractivity contribution >= 4 is 18.0 Å². The summed E-state index contributed by atoms with van der Waals surface area (Å²) in [6.45, 7) is 1.19. The molecular formula is C21H20N6O. The molecule has 0 saturated heterocycles. The lowest BCUT2D eigenvalue weighted by Crippen LogP contribution is -2.14. The molecule has 1 N–H and O–H groups in total. The van der Waals surface area contributed by atoms with Crippen LogP contribution in [0, 0.1) is 0 Å². The second-order valence-corrected chi connectivity index (χ2v) is 6.60. The highest BCUT2D eigenvalue weighted by Crippen LogP contribution is 2.20. The fourth-order valence-electron chi connectivity index (χ4n) is 2.99. The Hall–Kier alpha value is -3.74. The van der Waals surface area contributed by atoms with Gasteiger partial charge in [-0.25, -0.2) is 15.0 Å². The van der Waals surface area contributed by atoms with Crippen molar-refractivity contribution in [2.24, 2.45) is 0 Å². The van der Waals surface area contributed by atoms with Crippen LogP contribution in [0.3, 0.4) is 0 Å². The van der Waals surface area contributed by atoms with Crippen LogP contribution >= 0.6 is 0 Å². The molecule has 28 heavy (non-hydrogen) atoms. The van der Waals surface area contributed by atoms with Gasteiger partial charge in [0.1, 0.15) is 5.65 Å². The quantitative estimate of drug-likeness (QED) is 0.505. The highest BCUT2D eigenvalue weighted by molar-refractivity contribution is 5.63. The Kier molecular flexibility index (Phi) is 4.97. The lowest BCUT2D eigenvalue weighted by atomic mass is 10.1. The van der Waals surface area contributed by atoms with E-state index < -0.39 is 0 Å². The first-order valence-corrected chi connectivity index (χ1v) is 8.93. The summed E-state index contributed by atoms with van der Waals surface area (Å²) < 4.78 is 1.98. The number of nitrogens with zero attached hydrogens (tertiary/aromatic N) is 5. The van der Waals surface area contributed by atoms with E-state index in [4.69, 9.17) is 0 Å². The number of anilines is 1. The number of benzene rings is 1. The predicted octanol–water partition coefficient (Wildman–Crippen LogP) is 2.99. The minimum atomic E-state index is 0.569. The van der Waals surface area contributed by atoms with Gasteiger partial charge >= 0.3 is 0 Å². The van der Waals surface area contributed by atoms with Crippen molar-refractivity contribution in [2.75, 3.05) is 12.4 Å². The third-order valence-electron chi connectivity index (χ3n) is 4.42. The summed E-state index contributed by atoms with van der Waals surface area (Å²) in [5.74, 6) is 0.575. The first-order chi connectivity index (χ1) is 13.7. The van der Waals surface area contributed by atoms with E-state index in [1.807, 2.05) is 53.2 Å². The molecule has 0 unspecified atom stereocenters. The van der Waals surface area contributed by atoms with Crippen LogP contribution in [0.15, 0.2) is 67.4 Å². The topological polar surface area (TPSA) is 75.4 Å². The molecule has 0 atom stereocenters. The summed E-state index contributed by atoms with van der Waals surface area (Å²) >= 11 is 0. The molecule has 4 rings (SSSR count). The monoisotopic (exact) mass is 372 g/mol. The van der Waals surface area contributed by atoms with E-state index in [-0.39, 0.29) is 0 Å². The number of hydrogen-bond donors (Lipinski definition) is 1. The first kappa shape index (κ1) is 17.7. The van der Waals surface area contributed by atoms with Crippen molar-refractivity contribution in [1.29, 1.82) is 0 Å². The van der Waals surface area contributed by atoms with E-state index in [1.54, 1.807) is 30.5 Å². The van der Waals surface area contributed by atoms with Gasteiger partial charge in [0.25, 0.3) is 0 Å². The van der Waals surface area contributed by atoms with E-state index in [0.717, 1.165) is 34.3 Å². The Labute approximate surface area is 162 Å². The second kappa shape index (κ2) is 7.87. The molecule has 1 aromatic carbocycles. The zero-order valence-electron chi connectivity index (χ0n) is 15.5. The minimum absolute atomic E-state index is 0.569. The fourth-order valence-corrected chi connectivity index (χ4v) is 2.99. The van der Waals surface area contributed by atoms with Gasteiger partial charge in [-0.3, -0.25) is 4.79 Å². The molecule has 140 valence electrons. The molecule has 7 nitrogen and oxygen atoms in total. The fraction of sp³-hybridized carbons (Fsp3) is 0.143. The maximum absolute atomic E-state index is 10.8. The van der Waals surface area contributed by atoms with Gasteiger partial charge in [-0.1, -0.05) is 24.3 Å². The van der Waals surface area contributed by atoms with Gasteiger partial charge < -0.3 is 14.6 Å². The highest BCUT2D eigenvalue weighted by atomic mass is 16.1. The van der Waals surface area contributed by atoms with Crippen LogP contribution in [0.5, 0.6) is 0 Å². The zero-order valence-corrected chi connectivity index (χ0v) is 15.5. The normalized spacial score (nSPS) is 10.8. The average Bonchev–Trinajstić information content (AvgIpc) is 3.20. The van der Waals surface area contributed by atoms with Crippen LogP contribution < -0.4 is 5.32 Å². The Morgan fingerprint density at radius 1 is 1.07 bits per heavy atom. The van der Waals surface area contributed by atoms with Crippen molar-refractivity contribution in [3.05, 3.63) is 78.5 Å². The molecule has 0 fully saturated rings. The number of pyridine rings is 1. The van der Waals surface area contributed by atoms with Crippen molar-refractivity contribution < 1.29 is 4.79 Å². The molecule has 4 aromatic rings. The van der Waals surface area contributed by atoms with Gasteiger partial charge in [0.15, 0.2) is 0 Å². The summed E-state index contributed by atoms with van der Waals surface area (Å²) in [6.07, 6.45) is 10.2. The van der Waals surface area contributed by atoms with Gasteiger partial charge in [-0.15, -0.1) is 0 Å². The molecule has 0 bridgehead atoms. The molecule has 1 amide bonds. The highest BCUT2D eigenvalue weighted by Gasteiger charge is 2.04. The van der Waals surface area contributed by atoms with Crippen molar-refractivity contribution in [1.82, 2.24) is 24.3 Å². The van der Waals surface area contributed by atoms with Crippen LogP contribution in [-0.2, 0) is 17.9 Å². The minimum Gasteiger partial charge on any atom is -0.350 e. The number of imidazole rings is 1. The smallest absolute Gasteiger partial charge is 0.222 e. The van der Waals surface area contributed by atoms with E-state index in [2.05, 4.69) is 20.3 Å². The lowest BCUT2D eigenvalue weighted by molar-refractivity contribution is -0.117. The van der Waals surface area contributed by atoms with Gasteiger partial charge in [0.05, 0.1) is 0 Å². The number of nitrogens with one attached hydrogen (secondary N) is 1. The lowest BCUT2D eigenvalue weighted by Gasteiger charge is -2.11. The van der Waals surface area contributed by atoms with Gasteiger partial charge in [-0.2, -0.15) is 0 Å². The Bertz CT molecular complexity index is 1090. The third kappa shape index (κ3) is 3.98. The first-order valence-electron chi connectivity index (χ1n) is 8.93. The number of amides is 1. The second-order valence-electron chi connectivity index (χ2n) is 6.60. The van der Waals surface area contributed by atoms with Crippen molar-refractivity contribution in [3.8, 4) is 11.1 Å². The molecule has 3 aromatic heterocycles. The van der Waals surface area contributed by atoms with Crippen LogP contribution in [-0.4, -0.2) is 37.7 Å². The number of rotatable bonds is 7. The standard InChI is InChI=1S/C21H20N6O/c1-26(15-28)13-16-3-2-4-18(9-16)19-11-24-21(25-12-19)23-10-17-5-6-20-22-7-8-27(20)14-17/h2-9,11-12,14-15H,10,13H2,1H3,(H,23,24,25). The Balaban J connectivity index is 1.43. The summed E-state index contributed by atoms with van der Waals surface area (Å²) in [7, 11) is 1.76. The third-order valence-corrected chi connectivity index (χ3v) is 4.42. The average molecular weight is 372 g/mol. The van der Waals surface area contributed by atoms with Crippen molar-refractivity contribution in [2.45, 2.75) is 13.1 Å². The van der Waals surface area contributed by atoms with E-state index >= 15 is 0 Å². The molecule has 7 heteroatoms. The van der Waals surface area contributed by atoms with Crippen LogP contribution in [0.2, 0.25) is 0 Å². The van der Waals surface area contributed by atoms with Gasteiger partial charge in [0.2, 0.25) is 12.4 Å². The molecule has 0 saturated carbocycles. The van der Waals surface area contributed by atoms with Gasteiger partial charge in [0, 0.05) is 56.7 Å². The van der Waals surface area contributed by atoms with Gasteiger partial charge in [-0.05, 0) is 28.8 Å². The molecule has 0 aliphatic heterocycles. The number of carbonyl (C=O) groups is 1. The SMILES string of the molecule is CN(C=O)Cc1cccc(-c2cnc(NCc3ccc4nccn4c3)nc2)c1. The molecule has 0 radical (unpaired) electrons. The number of fused-ring (bicyclic) bond motifs is 1. The maximum atomic E-state index is 10.8. The molecular weight excluding hydrogens is 352 g/mol. The van der Waals surface area contributed by atoms with Crippen LogP contribution in [0.4, 0.5) is 5.95 Å². The number of hydrogen-bond acceptors (Lipinski definition) is 5. The maximum Gasteiger partial charge on any atom is 0.222 e. The summed E-state index contributed by atoms with van der Waals surface area (Å²) in [6, 6.07) is 12.0. The van der Waals surface area contributed by atoms with E-state index in [9.17, 15) is 4.79 Å². The molecule has 0 spiro atoms. The summed E-state index contributed by atoms with van der Waals surface area (Å²) in [4.78, 5) is 25.5.